The molecule has 1 atom stereocenters. The molecule has 3 heterocycles. The summed E-state index contributed by atoms with van der Waals surface area (Å²) >= 11 is 1.69. The molecule has 0 fully saturated rings. The molecule has 1 aromatic carbocycles. The van der Waals surface area contributed by atoms with Crippen LogP contribution in [-0.4, -0.2) is 24.6 Å². The quantitative estimate of drug-likeness (QED) is 0.521. The van der Waals surface area contributed by atoms with E-state index < -0.39 is 0 Å². The van der Waals surface area contributed by atoms with E-state index >= 15 is 0 Å². The Kier molecular flexibility index (Phi) is 3.91. The molecule has 6 nitrogen and oxygen atoms in total. The Hall–Kier alpha value is -2.54. The van der Waals surface area contributed by atoms with E-state index in [-0.39, 0.29) is 11.0 Å². The van der Waals surface area contributed by atoms with Crippen molar-refractivity contribution < 1.29 is 0 Å². The third-order valence-corrected chi connectivity index (χ3v) is 7.23. The van der Waals surface area contributed by atoms with Crippen molar-refractivity contribution in [2.75, 3.05) is 0 Å². The fourth-order valence-corrected chi connectivity index (χ4v) is 5.66. The zero-order valence-electron chi connectivity index (χ0n) is 16.3. The second-order valence-corrected chi connectivity index (χ2v) is 9.84. The second kappa shape index (κ2) is 6.24. The van der Waals surface area contributed by atoms with Crippen molar-refractivity contribution in [2.45, 2.75) is 46.6 Å². The number of hydrogen-bond acceptors (Lipinski definition) is 5. The first-order chi connectivity index (χ1) is 13.4. The highest BCUT2D eigenvalue weighted by molar-refractivity contribution is 7.18. The molecule has 1 aliphatic rings. The monoisotopic (exact) mass is 393 g/mol. The van der Waals surface area contributed by atoms with Crippen molar-refractivity contribution in [3.05, 3.63) is 56.7 Å². The van der Waals surface area contributed by atoms with Gasteiger partial charge in [0.15, 0.2) is 0 Å². The minimum absolute atomic E-state index is 0.0212. The van der Waals surface area contributed by atoms with Crippen LogP contribution in [0.4, 0.5) is 0 Å². The molecule has 0 radical (unpaired) electrons. The molecule has 4 aromatic rings. The molecular weight excluding hydrogens is 370 g/mol. The van der Waals surface area contributed by atoms with Gasteiger partial charge in [0.2, 0.25) is 0 Å². The lowest BCUT2D eigenvalue weighted by atomic mass is 9.72. The van der Waals surface area contributed by atoms with Crippen LogP contribution in [-0.2, 0) is 19.4 Å². The van der Waals surface area contributed by atoms with E-state index in [4.69, 9.17) is 0 Å². The average Bonchev–Trinajstić information content (AvgIpc) is 3.29. The topological polar surface area (TPSA) is 65.1 Å². The number of aryl methyl sites for hydroxylation is 1. The molecule has 0 saturated heterocycles. The minimum atomic E-state index is 0.0212. The highest BCUT2D eigenvalue weighted by Gasteiger charge is 2.32. The normalized spacial score (nSPS) is 17.3. The summed E-state index contributed by atoms with van der Waals surface area (Å²) in [6, 6.07) is 9.99. The Morgan fingerprint density at radius 3 is 2.75 bits per heavy atom. The van der Waals surface area contributed by atoms with Crippen molar-refractivity contribution in [1.29, 1.82) is 0 Å². The number of aromatic nitrogens is 5. The van der Waals surface area contributed by atoms with Gasteiger partial charge in [0.1, 0.15) is 4.83 Å². The van der Waals surface area contributed by atoms with Crippen LogP contribution in [0.1, 0.15) is 43.2 Å². The number of rotatable bonds is 2. The molecule has 3 aromatic heterocycles. The number of fused-ring (bicyclic) bond motifs is 5. The van der Waals surface area contributed by atoms with E-state index in [1.807, 2.05) is 30.3 Å². The van der Waals surface area contributed by atoms with Gasteiger partial charge in [-0.2, -0.15) is 4.52 Å². The Labute approximate surface area is 166 Å². The number of benzene rings is 1. The summed E-state index contributed by atoms with van der Waals surface area (Å²) in [7, 11) is 0. The van der Waals surface area contributed by atoms with E-state index in [0.29, 0.717) is 18.2 Å². The molecule has 7 heteroatoms. The summed E-state index contributed by atoms with van der Waals surface area (Å²) in [5.74, 6) is 1.14. The van der Waals surface area contributed by atoms with Crippen LogP contribution in [0.3, 0.4) is 0 Å². The molecule has 1 aliphatic carbocycles. The molecule has 0 aliphatic heterocycles. The van der Waals surface area contributed by atoms with E-state index in [1.165, 1.54) is 10.4 Å². The van der Waals surface area contributed by atoms with Crippen LogP contribution in [0, 0.1) is 11.3 Å². The van der Waals surface area contributed by atoms with Crippen LogP contribution in [0.5, 0.6) is 0 Å². The fraction of sp³-hybridized carbons (Fsp3) is 0.429. The molecule has 28 heavy (non-hydrogen) atoms. The summed E-state index contributed by atoms with van der Waals surface area (Å²) in [6.45, 7) is 7.39. The standard InChI is InChI=1S/C21H23N5OS/c1-21(2,3)14-9-10-15-16(11-14)28-19-17(15)18(27)25(20-22-23-24-26(19)20)12-13-7-5-4-6-8-13/h4-8,14H,9-12H2,1-3H3/t14-/m1/s1. The first kappa shape index (κ1) is 17.6. The number of tetrazole rings is 1. The molecule has 0 spiro atoms. The SMILES string of the molecule is CC(C)(C)[C@@H]1CCc2c(sc3c2c(=O)n(Cc2ccccc2)c2nnnn32)C1. The first-order valence-electron chi connectivity index (χ1n) is 9.72. The third kappa shape index (κ3) is 2.68. The van der Waals surface area contributed by atoms with Crippen molar-refractivity contribution in [3.63, 3.8) is 0 Å². The van der Waals surface area contributed by atoms with Crippen molar-refractivity contribution in [2.24, 2.45) is 11.3 Å². The zero-order valence-corrected chi connectivity index (χ0v) is 17.2. The Bertz CT molecular complexity index is 1230. The summed E-state index contributed by atoms with van der Waals surface area (Å²) in [5, 5.41) is 13.0. The Morgan fingerprint density at radius 2 is 2.00 bits per heavy atom. The maximum absolute atomic E-state index is 13.5. The van der Waals surface area contributed by atoms with Gasteiger partial charge in [-0.1, -0.05) is 56.2 Å². The van der Waals surface area contributed by atoms with Gasteiger partial charge in [0.25, 0.3) is 11.3 Å². The smallest absolute Gasteiger partial charge is 0.264 e. The Morgan fingerprint density at radius 1 is 1.21 bits per heavy atom. The van der Waals surface area contributed by atoms with E-state index in [1.54, 1.807) is 20.4 Å². The van der Waals surface area contributed by atoms with Gasteiger partial charge in [0.05, 0.1) is 11.9 Å². The third-order valence-electron chi connectivity index (χ3n) is 6.00. The summed E-state index contributed by atoms with van der Waals surface area (Å²) < 4.78 is 3.45. The van der Waals surface area contributed by atoms with E-state index in [2.05, 4.69) is 36.3 Å². The zero-order chi connectivity index (χ0) is 19.5. The Balaban J connectivity index is 1.72. The van der Waals surface area contributed by atoms with Crippen molar-refractivity contribution in [1.82, 2.24) is 24.6 Å². The van der Waals surface area contributed by atoms with Crippen LogP contribution >= 0.6 is 11.3 Å². The molecule has 0 saturated carbocycles. The van der Waals surface area contributed by atoms with Gasteiger partial charge in [0, 0.05) is 4.88 Å². The molecule has 0 amide bonds. The van der Waals surface area contributed by atoms with Crippen LogP contribution < -0.4 is 5.56 Å². The molecule has 144 valence electrons. The molecular formula is C21H23N5OS. The predicted molar refractivity (Wildman–Crippen MR) is 111 cm³/mol. The van der Waals surface area contributed by atoms with E-state index in [0.717, 1.165) is 35.0 Å². The van der Waals surface area contributed by atoms with Crippen molar-refractivity contribution in [3.8, 4) is 0 Å². The molecule has 0 unspecified atom stereocenters. The van der Waals surface area contributed by atoms with E-state index in [9.17, 15) is 4.79 Å². The number of thiophene rings is 1. The van der Waals surface area contributed by atoms with Gasteiger partial charge in [-0.25, -0.2) is 0 Å². The second-order valence-electron chi connectivity index (χ2n) is 8.76. The summed E-state index contributed by atoms with van der Waals surface area (Å²) in [4.78, 5) is 15.7. The lowest BCUT2D eigenvalue weighted by molar-refractivity contribution is 0.218. The molecule has 0 N–H and O–H groups in total. The minimum Gasteiger partial charge on any atom is -0.270 e. The van der Waals surface area contributed by atoms with Gasteiger partial charge >= 0.3 is 0 Å². The van der Waals surface area contributed by atoms with Crippen molar-refractivity contribution >= 4 is 27.3 Å². The lowest BCUT2D eigenvalue weighted by Gasteiger charge is -2.33. The van der Waals surface area contributed by atoms with Gasteiger partial charge in [-0.15, -0.1) is 11.3 Å². The average molecular weight is 394 g/mol. The highest BCUT2D eigenvalue weighted by atomic mass is 32.1. The molecule has 5 rings (SSSR count). The summed E-state index contributed by atoms with van der Waals surface area (Å²) in [6.07, 6.45) is 3.10. The first-order valence-corrected chi connectivity index (χ1v) is 10.5. The number of nitrogens with zero attached hydrogens (tertiary/aromatic N) is 5. The fourth-order valence-electron chi connectivity index (χ4n) is 4.30. The van der Waals surface area contributed by atoms with Gasteiger partial charge in [-0.05, 0) is 52.1 Å². The molecule has 0 bridgehead atoms. The van der Waals surface area contributed by atoms with Gasteiger partial charge in [-0.3, -0.25) is 9.36 Å². The van der Waals surface area contributed by atoms with Crippen LogP contribution in [0.25, 0.3) is 16.0 Å². The van der Waals surface area contributed by atoms with Crippen LogP contribution in [0.2, 0.25) is 0 Å². The maximum atomic E-state index is 13.5. The van der Waals surface area contributed by atoms with Crippen LogP contribution in [0.15, 0.2) is 35.1 Å². The maximum Gasteiger partial charge on any atom is 0.264 e. The van der Waals surface area contributed by atoms with Gasteiger partial charge < -0.3 is 0 Å². The predicted octanol–water partition coefficient (Wildman–Crippen LogP) is 3.70. The highest BCUT2D eigenvalue weighted by Crippen LogP contribution is 2.42. The summed E-state index contributed by atoms with van der Waals surface area (Å²) in [5.41, 5.74) is 2.56. The largest absolute Gasteiger partial charge is 0.270 e. The lowest BCUT2D eigenvalue weighted by Crippen LogP contribution is -2.27. The number of hydrogen-bond donors (Lipinski definition) is 0.